The molecule has 2 N–H and O–H groups in total. The van der Waals surface area contributed by atoms with Crippen LogP contribution < -0.4 is 15.4 Å². The number of anilines is 1. The standard InChI is InChI=1S/C24H30ClFN4O3/c1-4-27-24(32)28-21-11-19(25)7-10-22(21)33-15-23(31)30-13-16(2)29(12-17(30)3)14-18-5-8-20(26)9-6-18/h5-11,16-17H,4,12-15H2,1-3H3,(H2,27,28,32)/t16-,17+/m0/s1. The van der Waals surface area contributed by atoms with Gasteiger partial charge in [-0.05, 0) is 56.7 Å². The lowest BCUT2D eigenvalue weighted by Gasteiger charge is -2.44. The number of carbonyl (C=O) groups is 2. The summed E-state index contributed by atoms with van der Waals surface area (Å²) in [5.41, 5.74) is 1.43. The van der Waals surface area contributed by atoms with Crippen molar-refractivity contribution in [2.45, 2.75) is 39.4 Å². The van der Waals surface area contributed by atoms with E-state index in [1.807, 2.05) is 18.7 Å². The van der Waals surface area contributed by atoms with Crippen molar-refractivity contribution in [3.63, 3.8) is 0 Å². The normalized spacial score (nSPS) is 18.6. The number of hydrogen-bond acceptors (Lipinski definition) is 4. The molecule has 3 rings (SSSR count). The van der Waals surface area contributed by atoms with Crippen LogP contribution in [0.25, 0.3) is 0 Å². The Hall–Kier alpha value is -2.84. The Morgan fingerprint density at radius 3 is 2.55 bits per heavy atom. The molecule has 0 aliphatic carbocycles. The summed E-state index contributed by atoms with van der Waals surface area (Å²) >= 11 is 6.05. The van der Waals surface area contributed by atoms with E-state index in [1.165, 1.54) is 12.1 Å². The molecule has 2 aromatic rings. The zero-order chi connectivity index (χ0) is 24.0. The van der Waals surface area contributed by atoms with Gasteiger partial charge in [0.1, 0.15) is 11.6 Å². The second kappa shape index (κ2) is 11.3. The summed E-state index contributed by atoms with van der Waals surface area (Å²) in [5, 5.41) is 5.78. The average Bonchev–Trinajstić information content (AvgIpc) is 2.77. The Balaban J connectivity index is 1.59. The van der Waals surface area contributed by atoms with E-state index in [2.05, 4.69) is 22.5 Å². The number of carbonyl (C=O) groups excluding carboxylic acids is 2. The molecule has 1 fully saturated rings. The van der Waals surface area contributed by atoms with E-state index in [1.54, 1.807) is 30.3 Å². The molecule has 1 heterocycles. The molecule has 1 saturated heterocycles. The summed E-state index contributed by atoms with van der Waals surface area (Å²) in [4.78, 5) is 29.0. The van der Waals surface area contributed by atoms with E-state index in [0.29, 0.717) is 42.6 Å². The molecule has 9 heteroatoms. The molecule has 0 aromatic heterocycles. The Kier molecular flexibility index (Phi) is 8.52. The zero-order valence-electron chi connectivity index (χ0n) is 19.1. The number of amides is 3. The first-order valence-corrected chi connectivity index (χ1v) is 11.4. The number of halogens is 2. The van der Waals surface area contributed by atoms with Gasteiger partial charge in [-0.2, -0.15) is 0 Å². The molecule has 0 bridgehead atoms. The highest BCUT2D eigenvalue weighted by Crippen LogP contribution is 2.28. The second-order valence-corrected chi connectivity index (χ2v) is 8.65. The Labute approximate surface area is 198 Å². The molecular formula is C24H30ClFN4O3. The highest BCUT2D eigenvalue weighted by Gasteiger charge is 2.32. The lowest BCUT2D eigenvalue weighted by atomic mass is 10.1. The van der Waals surface area contributed by atoms with E-state index in [-0.39, 0.29) is 36.4 Å². The molecule has 0 unspecified atom stereocenters. The minimum Gasteiger partial charge on any atom is -0.482 e. The summed E-state index contributed by atoms with van der Waals surface area (Å²) in [7, 11) is 0. The number of urea groups is 1. The largest absolute Gasteiger partial charge is 0.482 e. The minimum absolute atomic E-state index is 0.00380. The van der Waals surface area contributed by atoms with Crippen LogP contribution in [0.2, 0.25) is 5.02 Å². The van der Waals surface area contributed by atoms with Crippen LogP contribution in [-0.2, 0) is 11.3 Å². The van der Waals surface area contributed by atoms with Crippen LogP contribution in [0.5, 0.6) is 5.75 Å². The van der Waals surface area contributed by atoms with Crippen molar-refractivity contribution in [2.24, 2.45) is 0 Å². The van der Waals surface area contributed by atoms with E-state index in [4.69, 9.17) is 16.3 Å². The summed E-state index contributed by atoms with van der Waals surface area (Å²) in [6, 6.07) is 11.1. The van der Waals surface area contributed by atoms with Crippen LogP contribution in [0.1, 0.15) is 26.3 Å². The van der Waals surface area contributed by atoms with Crippen LogP contribution >= 0.6 is 11.6 Å². The van der Waals surface area contributed by atoms with E-state index < -0.39 is 0 Å². The summed E-state index contributed by atoms with van der Waals surface area (Å²) in [6.07, 6.45) is 0. The topological polar surface area (TPSA) is 73.9 Å². The molecule has 3 amide bonds. The molecule has 0 spiro atoms. The van der Waals surface area contributed by atoms with E-state index >= 15 is 0 Å². The number of rotatable bonds is 7. The smallest absolute Gasteiger partial charge is 0.319 e. The highest BCUT2D eigenvalue weighted by molar-refractivity contribution is 6.31. The van der Waals surface area contributed by atoms with Gasteiger partial charge in [0, 0.05) is 43.3 Å². The predicted molar refractivity (Wildman–Crippen MR) is 127 cm³/mol. The maximum Gasteiger partial charge on any atom is 0.319 e. The van der Waals surface area contributed by atoms with Gasteiger partial charge in [0.25, 0.3) is 5.91 Å². The van der Waals surface area contributed by atoms with Gasteiger partial charge in [0.15, 0.2) is 6.61 Å². The molecule has 0 saturated carbocycles. The number of hydrogen-bond donors (Lipinski definition) is 2. The second-order valence-electron chi connectivity index (χ2n) is 8.21. The Bertz CT molecular complexity index is 973. The number of nitrogens with zero attached hydrogens (tertiary/aromatic N) is 2. The van der Waals surface area contributed by atoms with Crippen LogP contribution in [0.3, 0.4) is 0 Å². The summed E-state index contributed by atoms with van der Waals surface area (Å²) in [5.74, 6) is -0.00929. The minimum atomic E-state index is -0.379. The van der Waals surface area contributed by atoms with E-state index in [0.717, 1.165) is 5.56 Å². The highest BCUT2D eigenvalue weighted by atomic mass is 35.5. The van der Waals surface area contributed by atoms with Crippen molar-refractivity contribution in [1.29, 1.82) is 0 Å². The molecular weight excluding hydrogens is 447 g/mol. The quantitative estimate of drug-likeness (QED) is 0.630. The third kappa shape index (κ3) is 6.82. The molecule has 1 aliphatic rings. The molecule has 2 atom stereocenters. The molecule has 0 radical (unpaired) electrons. The molecule has 2 aromatic carbocycles. The van der Waals surface area contributed by atoms with Gasteiger partial charge in [0.2, 0.25) is 0 Å². The first kappa shape index (κ1) is 24.8. The van der Waals surface area contributed by atoms with Gasteiger partial charge >= 0.3 is 6.03 Å². The van der Waals surface area contributed by atoms with E-state index in [9.17, 15) is 14.0 Å². The van der Waals surface area contributed by atoms with Crippen molar-refractivity contribution in [3.8, 4) is 5.75 Å². The van der Waals surface area contributed by atoms with Gasteiger partial charge < -0.3 is 20.3 Å². The number of piperazine rings is 1. The lowest BCUT2D eigenvalue weighted by Crippen LogP contribution is -2.58. The van der Waals surface area contributed by atoms with Gasteiger partial charge in [0.05, 0.1) is 5.69 Å². The van der Waals surface area contributed by atoms with Crippen molar-refractivity contribution in [2.75, 3.05) is 31.6 Å². The summed E-state index contributed by atoms with van der Waals surface area (Å²) < 4.78 is 18.9. The van der Waals surface area contributed by atoms with Gasteiger partial charge in [-0.1, -0.05) is 23.7 Å². The molecule has 1 aliphatic heterocycles. The van der Waals surface area contributed by atoms with Crippen molar-refractivity contribution in [3.05, 3.63) is 58.9 Å². The number of nitrogens with one attached hydrogen (secondary N) is 2. The van der Waals surface area contributed by atoms with Gasteiger partial charge in [-0.15, -0.1) is 0 Å². The predicted octanol–water partition coefficient (Wildman–Crippen LogP) is 4.12. The van der Waals surface area contributed by atoms with Crippen LogP contribution in [0, 0.1) is 5.82 Å². The maximum absolute atomic E-state index is 13.2. The molecule has 33 heavy (non-hydrogen) atoms. The Morgan fingerprint density at radius 1 is 1.12 bits per heavy atom. The average molecular weight is 477 g/mol. The van der Waals surface area contributed by atoms with Crippen LogP contribution in [0.4, 0.5) is 14.9 Å². The fourth-order valence-corrected chi connectivity index (χ4v) is 4.04. The van der Waals surface area contributed by atoms with Crippen molar-refractivity contribution < 1.29 is 18.7 Å². The Morgan fingerprint density at radius 2 is 1.85 bits per heavy atom. The molecule has 178 valence electrons. The first-order chi connectivity index (χ1) is 15.8. The van der Waals surface area contributed by atoms with Crippen molar-refractivity contribution in [1.82, 2.24) is 15.1 Å². The fraction of sp³-hybridized carbons (Fsp3) is 0.417. The summed E-state index contributed by atoms with van der Waals surface area (Å²) in [6.45, 7) is 8.18. The SMILES string of the molecule is CCNC(=O)Nc1cc(Cl)ccc1OCC(=O)N1C[C@H](C)N(Cc2ccc(F)cc2)C[C@H]1C. The van der Waals surface area contributed by atoms with Crippen LogP contribution in [-0.4, -0.2) is 60.1 Å². The third-order valence-corrected chi connectivity index (χ3v) is 5.85. The lowest BCUT2D eigenvalue weighted by molar-refractivity contribution is -0.139. The van der Waals surface area contributed by atoms with Gasteiger partial charge in [-0.25, -0.2) is 9.18 Å². The maximum atomic E-state index is 13.2. The van der Waals surface area contributed by atoms with Gasteiger partial charge in [-0.3, -0.25) is 9.69 Å². The van der Waals surface area contributed by atoms with Crippen molar-refractivity contribution >= 4 is 29.2 Å². The molecule has 7 nitrogen and oxygen atoms in total. The van der Waals surface area contributed by atoms with Crippen LogP contribution in [0.15, 0.2) is 42.5 Å². The zero-order valence-corrected chi connectivity index (χ0v) is 19.9. The number of ether oxygens (including phenoxy) is 1. The monoisotopic (exact) mass is 476 g/mol. The third-order valence-electron chi connectivity index (χ3n) is 5.61. The number of benzene rings is 2. The first-order valence-electron chi connectivity index (χ1n) is 11.0. The fourth-order valence-electron chi connectivity index (χ4n) is 3.87.